The number of likely N-dealkylation sites (N-methyl/N-ethyl adjacent to an activating group) is 1. The monoisotopic (exact) mass is 312 g/mol. The van der Waals surface area contributed by atoms with Crippen LogP contribution in [0.25, 0.3) is 0 Å². The quantitative estimate of drug-likeness (QED) is 0.641. The van der Waals surface area contributed by atoms with Crippen LogP contribution in [-0.2, 0) is 4.52 Å². The van der Waals surface area contributed by atoms with E-state index < -0.39 is 7.52 Å². The van der Waals surface area contributed by atoms with E-state index in [1.165, 1.54) is 5.56 Å². The summed E-state index contributed by atoms with van der Waals surface area (Å²) in [6.45, 7) is 2.16. The number of hydrogen-bond acceptors (Lipinski definition) is 3. The predicted molar refractivity (Wildman–Crippen MR) is 92.8 cm³/mol. The molecule has 1 heterocycles. The molecule has 0 spiro atoms. The van der Waals surface area contributed by atoms with Crippen molar-refractivity contribution in [2.75, 3.05) is 14.2 Å². The maximum atomic E-state index is 6.71. The zero-order valence-electron chi connectivity index (χ0n) is 13.1. The normalized spacial score (nSPS) is 28.7. The summed E-state index contributed by atoms with van der Waals surface area (Å²) in [4.78, 5) is 0. The smallest absolute Gasteiger partial charge is 0.141 e. The summed E-state index contributed by atoms with van der Waals surface area (Å²) in [5, 5.41) is 1.03. The Hall–Kier alpha value is -1.35. The number of ether oxygens (including phenoxy) is 1. The second kappa shape index (κ2) is 6.04. The van der Waals surface area contributed by atoms with E-state index in [2.05, 4.69) is 23.7 Å². The minimum Gasteiger partial charge on any atom is -0.497 e. The van der Waals surface area contributed by atoms with Crippen LogP contribution in [0.1, 0.15) is 18.6 Å². The van der Waals surface area contributed by atoms with Gasteiger partial charge in [-0.05, 0) is 44.3 Å². The fourth-order valence-corrected chi connectivity index (χ4v) is 5.34. The molecule has 5 heteroatoms. The average molecular weight is 312 g/mol. The lowest BCUT2D eigenvalue weighted by Gasteiger charge is -2.35. The van der Waals surface area contributed by atoms with Gasteiger partial charge in [0.2, 0.25) is 0 Å². The third kappa shape index (κ3) is 2.56. The van der Waals surface area contributed by atoms with Gasteiger partial charge in [-0.3, -0.25) is 4.52 Å². The molecule has 22 heavy (non-hydrogen) atoms. The molecule has 3 nitrogen and oxygen atoms in total. The molecule has 0 aliphatic carbocycles. The third-order valence-electron chi connectivity index (χ3n) is 4.34. The van der Waals surface area contributed by atoms with Crippen LogP contribution >= 0.6 is 7.52 Å². The number of benzene rings is 2. The number of methoxy groups -OCH3 is 1. The molecule has 3 atom stereocenters. The van der Waals surface area contributed by atoms with Gasteiger partial charge in [-0.15, -0.1) is 0 Å². The van der Waals surface area contributed by atoms with Crippen LogP contribution in [0.5, 0.6) is 5.75 Å². The van der Waals surface area contributed by atoms with E-state index in [1.807, 2.05) is 49.5 Å². The third-order valence-corrected chi connectivity index (χ3v) is 7.23. The lowest BCUT2D eigenvalue weighted by molar-refractivity contribution is 0.217. The van der Waals surface area contributed by atoms with E-state index in [-0.39, 0.29) is 12.1 Å². The topological polar surface area (TPSA) is 21.7 Å². The van der Waals surface area contributed by atoms with Crippen LogP contribution in [0, 0.1) is 0 Å². The molecule has 1 saturated heterocycles. The highest BCUT2D eigenvalue weighted by Crippen LogP contribution is 2.66. The second-order valence-electron chi connectivity index (χ2n) is 5.57. The van der Waals surface area contributed by atoms with Gasteiger partial charge in [0, 0.05) is 7.05 Å². The SMILES string of the molecule is [B-][P+]1(c2ccc(OC)cc2)O[C@H](c2ccccc2)[C@H](C)N1C. The highest BCUT2D eigenvalue weighted by molar-refractivity contribution is 7.97. The molecule has 0 saturated carbocycles. The van der Waals surface area contributed by atoms with Gasteiger partial charge in [-0.25, -0.2) is 7.57 Å². The predicted octanol–water partition coefficient (Wildman–Crippen LogP) is 3.34. The first-order valence-electron chi connectivity index (χ1n) is 7.35. The van der Waals surface area contributed by atoms with E-state index in [4.69, 9.17) is 16.8 Å². The van der Waals surface area contributed by atoms with Crippen LogP contribution in [0.4, 0.5) is 0 Å². The number of hydrogen-bond donors (Lipinski definition) is 0. The summed E-state index contributed by atoms with van der Waals surface area (Å²) < 4.78 is 13.8. The Bertz CT molecular complexity index is 637. The Labute approximate surface area is 134 Å². The van der Waals surface area contributed by atoms with Crippen molar-refractivity contribution in [3.05, 3.63) is 60.2 Å². The van der Waals surface area contributed by atoms with Gasteiger partial charge in [0.25, 0.3) is 0 Å². The van der Waals surface area contributed by atoms with Crippen molar-refractivity contribution in [3.63, 3.8) is 0 Å². The van der Waals surface area contributed by atoms with Crippen molar-refractivity contribution < 1.29 is 9.26 Å². The molecular weight excluding hydrogens is 292 g/mol. The largest absolute Gasteiger partial charge is 0.497 e. The zero-order valence-corrected chi connectivity index (χ0v) is 14.0. The molecule has 0 amide bonds. The Morgan fingerprint density at radius 2 is 1.73 bits per heavy atom. The van der Waals surface area contributed by atoms with Crippen LogP contribution in [0.2, 0.25) is 0 Å². The molecule has 1 aliphatic heterocycles. The molecule has 2 aromatic rings. The molecule has 1 unspecified atom stereocenters. The fourth-order valence-electron chi connectivity index (χ4n) is 2.82. The van der Waals surface area contributed by atoms with Gasteiger partial charge in [0.05, 0.1) is 18.5 Å². The minimum atomic E-state index is -2.29. The first kappa shape index (κ1) is 15.5. The van der Waals surface area contributed by atoms with Crippen molar-refractivity contribution >= 4 is 20.4 Å². The molecule has 0 bridgehead atoms. The number of rotatable bonds is 3. The Kier molecular flexibility index (Phi) is 4.27. The fraction of sp³-hybridized carbons (Fsp3) is 0.294. The Morgan fingerprint density at radius 3 is 2.32 bits per heavy atom. The lowest BCUT2D eigenvalue weighted by atomic mass is 10.0. The van der Waals surface area contributed by atoms with Gasteiger partial charge < -0.3 is 4.74 Å². The van der Waals surface area contributed by atoms with E-state index in [1.54, 1.807) is 7.11 Å². The average Bonchev–Trinajstić information content (AvgIpc) is 2.81. The molecule has 0 aromatic heterocycles. The molecule has 0 N–H and O–H groups in total. The van der Waals surface area contributed by atoms with Crippen molar-refractivity contribution in [2.45, 2.75) is 19.1 Å². The molecule has 3 rings (SSSR count). The second-order valence-corrected chi connectivity index (χ2v) is 8.18. The molecular formula is C17H20BNO2P. The summed E-state index contributed by atoms with van der Waals surface area (Å²) in [6, 6.07) is 18.4. The van der Waals surface area contributed by atoms with Gasteiger partial charge in [0.1, 0.15) is 11.9 Å². The highest BCUT2D eigenvalue weighted by atomic mass is 31.2. The van der Waals surface area contributed by atoms with Crippen molar-refractivity contribution in [1.82, 2.24) is 4.67 Å². The van der Waals surface area contributed by atoms with Gasteiger partial charge in [0.15, 0.2) is 0 Å². The van der Waals surface area contributed by atoms with Crippen LogP contribution in [0.15, 0.2) is 54.6 Å². The summed E-state index contributed by atoms with van der Waals surface area (Å²) >= 11 is 0. The van der Waals surface area contributed by atoms with Crippen LogP contribution in [0.3, 0.4) is 0 Å². The molecule has 1 fully saturated rings. The van der Waals surface area contributed by atoms with Gasteiger partial charge in [-0.2, -0.15) is 4.67 Å². The summed E-state index contributed by atoms with van der Waals surface area (Å²) in [7, 11) is 8.12. The Morgan fingerprint density at radius 1 is 1.09 bits per heavy atom. The maximum Gasteiger partial charge on any atom is 0.141 e. The zero-order chi connectivity index (χ0) is 15.7. The van der Waals surface area contributed by atoms with Crippen molar-refractivity contribution in [1.29, 1.82) is 0 Å². The lowest BCUT2D eigenvalue weighted by Crippen LogP contribution is -2.28. The number of nitrogens with zero attached hydrogens (tertiary/aromatic N) is 1. The van der Waals surface area contributed by atoms with E-state index in [9.17, 15) is 0 Å². The molecule has 113 valence electrons. The van der Waals surface area contributed by atoms with Gasteiger partial charge >= 0.3 is 0 Å². The Balaban J connectivity index is 1.93. The first-order valence-corrected chi connectivity index (χ1v) is 9.08. The standard InChI is InChI=1S/C17H20BNO2P/c1-13-17(14-7-5-4-6-8-14)21-22(18,19(13)2)16-11-9-15(20-3)10-12-16/h4-13,17H,1-3H3/t13-,17-,22?/m0/s1. The van der Waals surface area contributed by atoms with E-state index in [0.717, 1.165) is 11.1 Å². The molecule has 2 aromatic carbocycles. The molecule has 3 radical (unpaired) electrons. The molecule has 1 aliphatic rings. The maximum absolute atomic E-state index is 6.71. The van der Waals surface area contributed by atoms with Crippen molar-refractivity contribution in [2.24, 2.45) is 0 Å². The minimum absolute atomic E-state index is 0.00775. The van der Waals surface area contributed by atoms with Gasteiger partial charge in [-0.1, -0.05) is 30.3 Å². The van der Waals surface area contributed by atoms with Crippen LogP contribution < -0.4 is 10.0 Å². The first-order chi connectivity index (χ1) is 10.6. The van der Waals surface area contributed by atoms with E-state index >= 15 is 0 Å². The summed E-state index contributed by atoms with van der Waals surface area (Å²) in [5.74, 6) is 0.824. The summed E-state index contributed by atoms with van der Waals surface area (Å²) in [5.41, 5.74) is 1.17. The highest BCUT2D eigenvalue weighted by Gasteiger charge is 2.46. The van der Waals surface area contributed by atoms with Crippen LogP contribution in [-0.4, -0.2) is 32.4 Å². The van der Waals surface area contributed by atoms with E-state index in [0.29, 0.717) is 0 Å². The summed E-state index contributed by atoms with van der Waals surface area (Å²) in [6.07, 6.45) is -0.00775. The van der Waals surface area contributed by atoms with Crippen molar-refractivity contribution in [3.8, 4) is 5.75 Å².